The largest absolute Gasteiger partial charge is 0.479 e. The Balaban J connectivity index is 1.26. The molecule has 1 amide bonds. The monoisotopic (exact) mass is 599 g/mol. The van der Waals surface area contributed by atoms with E-state index in [1.807, 2.05) is 78.9 Å². The summed E-state index contributed by atoms with van der Waals surface area (Å²) in [6.07, 6.45) is -0.762. The van der Waals surface area contributed by atoms with E-state index >= 15 is 0 Å². The summed E-state index contributed by atoms with van der Waals surface area (Å²) in [4.78, 5) is 26.1. The molecule has 0 saturated carbocycles. The number of fused-ring (bicyclic) bond motifs is 3. The Bertz CT molecular complexity index is 1620. The predicted molar refractivity (Wildman–Crippen MR) is 176 cm³/mol. The van der Waals surface area contributed by atoms with E-state index in [1.54, 1.807) is 0 Å². The topological polar surface area (TPSA) is 75.6 Å². The second kappa shape index (κ2) is 12.4. The van der Waals surface area contributed by atoms with E-state index < -0.39 is 22.3 Å². The molecule has 0 spiro atoms. The third-order valence-electron chi connectivity index (χ3n) is 8.31. The number of carbonyl (C=O) groups is 2. The molecule has 6 rings (SSSR count). The van der Waals surface area contributed by atoms with Crippen molar-refractivity contribution in [2.45, 2.75) is 23.1 Å². The van der Waals surface area contributed by atoms with Gasteiger partial charge in [0.05, 0.1) is 4.75 Å². The number of hydrogen-bond donors (Lipinski definition) is 2. The Hall–Kier alpha value is -4.81. The van der Waals surface area contributed by atoms with E-state index in [0.29, 0.717) is 0 Å². The van der Waals surface area contributed by atoms with Crippen LogP contribution in [-0.4, -0.2) is 35.1 Å². The number of carboxylic acids is 1. The maximum atomic E-state index is 13.3. The minimum absolute atomic E-state index is 0.0746. The smallest absolute Gasteiger partial charge is 0.408 e. The lowest BCUT2D eigenvalue weighted by molar-refractivity contribution is -0.142. The number of rotatable bonds is 10. The Labute approximate surface area is 261 Å². The molecule has 0 heterocycles. The average molecular weight is 600 g/mol. The van der Waals surface area contributed by atoms with Gasteiger partial charge < -0.3 is 15.2 Å². The first-order valence-electron chi connectivity index (χ1n) is 14.6. The maximum Gasteiger partial charge on any atom is 0.408 e. The van der Waals surface area contributed by atoms with Gasteiger partial charge in [0.15, 0.2) is 0 Å². The first kappa shape index (κ1) is 29.3. The number of alkyl carbamates (subject to hydrolysis) is 1. The number of aliphatic carboxylic acids is 1. The summed E-state index contributed by atoms with van der Waals surface area (Å²) in [5, 5.41) is 13.2. The van der Waals surface area contributed by atoms with Gasteiger partial charge in [0.2, 0.25) is 0 Å². The van der Waals surface area contributed by atoms with Crippen LogP contribution in [0.4, 0.5) is 4.79 Å². The van der Waals surface area contributed by atoms with Crippen molar-refractivity contribution in [2.24, 2.45) is 0 Å². The standard InChI is InChI=1S/C38H33NO4S/c1-37(35(40)41,39-36(42)43-25-34-32-23-13-11-21-30(32)31-22-12-14-24-33(31)34)26-44-38(27-15-5-2-6-16-27,28-17-7-3-8-18-28)29-19-9-4-10-20-29/h2-24,34H,25-26H2,1H3,(H,39,42)(H,40,41)/t37-/m0/s1. The Kier molecular flexibility index (Phi) is 8.27. The van der Waals surface area contributed by atoms with Crippen LogP contribution in [-0.2, 0) is 14.3 Å². The molecular weight excluding hydrogens is 566 g/mol. The molecule has 0 radical (unpaired) electrons. The SMILES string of the molecule is C[C@@](CSC(c1ccccc1)(c1ccccc1)c1ccccc1)(NC(=O)OCC1c2ccccc2-c2ccccc21)C(=O)O. The lowest BCUT2D eigenvalue weighted by Gasteiger charge is -2.38. The molecule has 0 aromatic heterocycles. The first-order valence-corrected chi connectivity index (χ1v) is 15.6. The molecule has 5 nitrogen and oxygen atoms in total. The van der Waals surface area contributed by atoms with Crippen LogP contribution in [0.1, 0.15) is 40.7 Å². The molecular formula is C38H33NO4S. The molecule has 1 aliphatic rings. The summed E-state index contributed by atoms with van der Waals surface area (Å²) < 4.78 is 5.02. The fraction of sp³-hybridized carbons (Fsp3) is 0.158. The van der Waals surface area contributed by atoms with Crippen molar-refractivity contribution < 1.29 is 19.4 Å². The summed E-state index contributed by atoms with van der Waals surface area (Å²) >= 11 is 1.48. The van der Waals surface area contributed by atoms with E-state index in [9.17, 15) is 14.7 Å². The molecule has 0 aliphatic heterocycles. The molecule has 0 fully saturated rings. The Morgan fingerprint density at radius 2 is 1.09 bits per heavy atom. The highest BCUT2D eigenvalue weighted by molar-refractivity contribution is 8.00. The van der Waals surface area contributed by atoms with Gasteiger partial charge in [-0.2, -0.15) is 0 Å². The summed E-state index contributed by atoms with van der Waals surface area (Å²) in [5.74, 6) is -1.19. The molecule has 0 saturated heterocycles. The number of ether oxygens (including phenoxy) is 1. The van der Waals surface area contributed by atoms with Crippen molar-refractivity contribution in [3.8, 4) is 11.1 Å². The van der Waals surface area contributed by atoms with Crippen LogP contribution in [0.3, 0.4) is 0 Å². The van der Waals surface area contributed by atoms with Crippen molar-refractivity contribution >= 4 is 23.8 Å². The van der Waals surface area contributed by atoms with E-state index in [2.05, 4.69) is 66.0 Å². The fourth-order valence-corrected chi connectivity index (χ4v) is 7.64. The van der Waals surface area contributed by atoms with Gasteiger partial charge in [0, 0.05) is 11.7 Å². The van der Waals surface area contributed by atoms with Gasteiger partial charge in [-0.15, -0.1) is 11.8 Å². The van der Waals surface area contributed by atoms with E-state index in [0.717, 1.165) is 38.9 Å². The third-order valence-corrected chi connectivity index (χ3v) is 10.2. The molecule has 220 valence electrons. The molecule has 5 aromatic rings. The molecule has 1 aliphatic carbocycles. The van der Waals surface area contributed by atoms with Crippen molar-refractivity contribution in [2.75, 3.05) is 12.4 Å². The summed E-state index contributed by atoms with van der Waals surface area (Å²) in [6.45, 7) is 1.64. The first-order chi connectivity index (χ1) is 21.4. The van der Waals surface area contributed by atoms with Gasteiger partial charge in [-0.1, -0.05) is 140 Å². The maximum absolute atomic E-state index is 13.3. The zero-order valence-corrected chi connectivity index (χ0v) is 25.2. The van der Waals surface area contributed by atoms with Crippen LogP contribution in [0.25, 0.3) is 11.1 Å². The molecule has 2 N–H and O–H groups in total. The van der Waals surface area contributed by atoms with Crippen LogP contribution in [0, 0.1) is 0 Å². The highest BCUT2D eigenvalue weighted by atomic mass is 32.2. The van der Waals surface area contributed by atoms with Gasteiger partial charge in [-0.25, -0.2) is 9.59 Å². The quantitative estimate of drug-likeness (QED) is 0.159. The summed E-state index contributed by atoms with van der Waals surface area (Å²) in [6, 6.07) is 46.4. The van der Waals surface area contributed by atoms with Crippen molar-refractivity contribution in [1.82, 2.24) is 5.32 Å². The van der Waals surface area contributed by atoms with Crippen molar-refractivity contribution in [3.63, 3.8) is 0 Å². The molecule has 0 bridgehead atoms. The van der Waals surface area contributed by atoms with Gasteiger partial charge in [0.1, 0.15) is 12.1 Å². The second-order valence-corrected chi connectivity index (χ2v) is 12.3. The summed E-state index contributed by atoms with van der Waals surface area (Å²) in [5.41, 5.74) is 5.86. The highest BCUT2D eigenvalue weighted by Crippen LogP contribution is 2.49. The Morgan fingerprint density at radius 1 is 0.682 bits per heavy atom. The minimum atomic E-state index is -1.61. The van der Waals surface area contributed by atoms with Crippen LogP contribution in [0.15, 0.2) is 140 Å². The molecule has 6 heteroatoms. The third kappa shape index (κ3) is 5.49. The lowest BCUT2D eigenvalue weighted by atomic mass is 9.84. The molecule has 5 aromatic carbocycles. The molecule has 1 atom stereocenters. The number of carboxylic acid groups (broad SMARTS) is 1. The van der Waals surface area contributed by atoms with E-state index in [4.69, 9.17) is 4.74 Å². The number of hydrogen-bond acceptors (Lipinski definition) is 4. The van der Waals surface area contributed by atoms with Crippen LogP contribution in [0.5, 0.6) is 0 Å². The van der Waals surface area contributed by atoms with Gasteiger partial charge in [-0.05, 0) is 45.9 Å². The van der Waals surface area contributed by atoms with Gasteiger partial charge in [0.25, 0.3) is 0 Å². The molecule has 44 heavy (non-hydrogen) atoms. The zero-order chi connectivity index (χ0) is 30.6. The zero-order valence-electron chi connectivity index (χ0n) is 24.4. The van der Waals surface area contributed by atoms with E-state index in [-0.39, 0.29) is 18.3 Å². The van der Waals surface area contributed by atoms with Gasteiger partial charge in [-0.3, -0.25) is 0 Å². The number of thioether (sulfide) groups is 1. The van der Waals surface area contributed by atoms with Crippen LogP contribution in [0.2, 0.25) is 0 Å². The fourth-order valence-electron chi connectivity index (χ4n) is 6.03. The predicted octanol–water partition coefficient (Wildman–Crippen LogP) is 8.09. The summed E-state index contributed by atoms with van der Waals surface area (Å²) in [7, 11) is 0. The molecule has 0 unspecified atom stereocenters. The van der Waals surface area contributed by atoms with E-state index in [1.165, 1.54) is 18.7 Å². The second-order valence-electron chi connectivity index (χ2n) is 11.2. The number of nitrogens with one attached hydrogen (secondary N) is 1. The van der Waals surface area contributed by atoms with Crippen molar-refractivity contribution in [3.05, 3.63) is 167 Å². The normalized spacial score (nSPS) is 13.8. The number of amides is 1. The Morgan fingerprint density at radius 3 is 1.52 bits per heavy atom. The van der Waals surface area contributed by atoms with Crippen LogP contribution < -0.4 is 5.32 Å². The van der Waals surface area contributed by atoms with Crippen LogP contribution >= 0.6 is 11.8 Å². The lowest BCUT2D eigenvalue weighted by Crippen LogP contribution is -2.55. The number of benzene rings is 5. The highest BCUT2D eigenvalue weighted by Gasteiger charge is 2.43. The average Bonchev–Trinajstić information content (AvgIpc) is 3.39. The van der Waals surface area contributed by atoms with Gasteiger partial charge >= 0.3 is 12.1 Å². The van der Waals surface area contributed by atoms with Crippen molar-refractivity contribution in [1.29, 1.82) is 0 Å². The number of carbonyl (C=O) groups excluding carboxylic acids is 1. The minimum Gasteiger partial charge on any atom is -0.479 e.